The van der Waals surface area contributed by atoms with Crippen LogP contribution >= 0.6 is 23.4 Å². The lowest BCUT2D eigenvalue weighted by Gasteiger charge is -2.26. The van der Waals surface area contributed by atoms with Gasteiger partial charge in [0, 0.05) is 17.9 Å². The Hall–Kier alpha value is -2.79. The van der Waals surface area contributed by atoms with Crippen molar-refractivity contribution in [2.75, 3.05) is 10.6 Å². The van der Waals surface area contributed by atoms with Crippen molar-refractivity contribution in [3.8, 4) is 0 Å². The first-order chi connectivity index (χ1) is 17.2. The van der Waals surface area contributed by atoms with Crippen molar-refractivity contribution in [3.05, 3.63) is 59.0 Å². The molecule has 1 atom stereocenters. The summed E-state index contributed by atoms with van der Waals surface area (Å²) in [7, 11) is 0. The van der Waals surface area contributed by atoms with Gasteiger partial charge in [0.1, 0.15) is 5.82 Å². The Labute approximate surface area is 216 Å². The second-order valence-corrected chi connectivity index (χ2v) is 10.3. The highest BCUT2D eigenvalue weighted by Gasteiger charge is 2.30. The lowest BCUT2D eigenvalue weighted by molar-refractivity contribution is -0.137. The molecule has 0 aliphatic heterocycles. The van der Waals surface area contributed by atoms with Crippen LogP contribution in [0.5, 0.6) is 0 Å². The number of benzene rings is 1. The molecule has 1 saturated carbocycles. The molecule has 1 aliphatic carbocycles. The predicted molar refractivity (Wildman–Crippen MR) is 134 cm³/mol. The Morgan fingerprint density at radius 1 is 1.19 bits per heavy atom. The third-order valence-corrected chi connectivity index (χ3v) is 7.23. The fourth-order valence-electron chi connectivity index (χ4n) is 4.09. The van der Waals surface area contributed by atoms with E-state index in [0.717, 1.165) is 44.2 Å². The molecular weight excluding hydrogens is 513 g/mol. The molecule has 2 heterocycles. The van der Waals surface area contributed by atoms with E-state index in [1.54, 1.807) is 25.1 Å². The molecular formula is C24H26ClF3N6OS. The first-order valence-corrected chi connectivity index (χ1v) is 12.9. The van der Waals surface area contributed by atoms with E-state index >= 15 is 0 Å². The topological polar surface area (TPSA) is 84.7 Å². The zero-order chi connectivity index (χ0) is 25.7. The maximum absolute atomic E-state index is 13.1. The van der Waals surface area contributed by atoms with Gasteiger partial charge in [-0.15, -0.1) is 10.2 Å². The molecule has 1 aromatic carbocycles. The van der Waals surface area contributed by atoms with Crippen LogP contribution in [0, 0.1) is 0 Å². The summed E-state index contributed by atoms with van der Waals surface area (Å²) < 4.78 is 41.3. The summed E-state index contributed by atoms with van der Waals surface area (Å²) >= 11 is 7.14. The number of amides is 1. The largest absolute Gasteiger partial charge is 0.416 e. The maximum atomic E-state index is 13.1. The number of alkyl halides is 3. The van der Waals surface area contributed by atoms with Gasteiger partial charge in [-0.25, -0.2) is 4.98 Å². The number of halogens is 4. The number of nitrogens with one attached hydrogen (secondary N) is 2. The van der Waals surface area contributed by atoms with Crippen LogP contribution in [-0.4, -0.2) is 30.9 Å². The van der Waals surface area contributed by atoms with Gasteiger partial charge in [0.2, 0.25) is 5.91 Å². The van der Waals surface area contributed by atoms with E-state index in [0.29, 0.717) is 27.5 Å². The molecule has 1 amide bonds. The number of hydrogen-bond donors (Lipinski definition) is 2. The van der Waals surface area contributed by atoms with Gasteiger partial charge in [-0.1, -0.05) is 48.7 Å². The van der Waals surface area contributed by atoms with Gasteiger partial charge in [-0.2, -0.15) is 13.2 Å². The number of aromatic nitrogens is 4. The van der Waals surface area contributed by atoms with Crippen LogP contribution in [0.15, 0.2) is 47.8 Å². The highest BCUT2D eigenvalue weighted by Crippen LogP contribution is 2.35. The molecule has 1 aliphatic rings. The molecule has 0 unspecified atom stereocenters. The summed E-state index contributed by atoms with van der Waals surface area (Å²) in [5.41, 5.74) is -0.368. The van der Waals surface area contributed by atoms with Crippen LogP contribution < -0.4 is 10.6 Å². The number of anilines is 2. The smallest absolute Gasteiger partial charge is 0.378 e. The van der Waals surface area contributed by atoms with Gasteiger partial charge in [0.05, 0.1) is 22.4 Å². The molecule has 192 valence electrons. The van der Waals surface area contributed by atoms with Crippen molar-refractivity contribution >= 4 is 40.8 Å². The summed E-state index contributed by atoms with van der Waals surface area (Å²) in [6.07, 6.45) is 2.26. The van der Waals surface area contributed by atoms with Crippen LogP contribution in [0.4, 0.5) is 24.7 Å². The number of hydrogen-bond acceptors (Lipinski definition) is 6. The zero-order valence-electron chi connectivity index (χ0n) is 19.6. The lowest BCUT2D eigenvalue weighted by Crippen LogP contribution is -2.24. The number of nitrogens with zero attached hydrogens (tertiary/aromatic N) is 4. The number of thioether (sulfide) groups is 1. The highest BCUT2D eigenvalue weighted by atomic mass is 35.5. The molecule has 0 bridgehead atoms. The third kappa shape index (κ3) is 6.70. The number of rotatable bonds is 8. The average Bonchev–Trinajstić information content (AvgIpc) is 3.26. The van der Waals surface area contributed by atoms with Gasteiger partial charge in [-0.05, 0) is 50.1 Å². The summed E-state index contributed by atoms with van der Waals surface area (Å²) in [5.74, 6) is 0.780. The number of pyridine rings is 1. The van der Waals surface area contributed by atoms with Crippen LogP contribution in [0.25, 0.3) is 0 Å². The van der Waals surface area contributed by atoms with Crippen LogP contribution in [0.1, 0.15) is 56.5 Å². The molecule has 0 saturated heterocycles. The fourth-order valence-corrected chi connectivity index (χ4v) is 5.14. The first kappa shape index (κ1) is 26.3. The van der Waals surface area contributed by atoms with Gasteiger partial charge >= 0.3 is 6.18 Å². The van der Waals surface area contributed by atoms with Crippen LogP contribution in [0.3, 0.4) is 0 Å². The van der Waals surface area contributed by atoms with E-state index in [-0.39, 0.29) is 18.5 Å². The van der Waals surface area contributed by atoms with Crippen LogP contribution in [0.2, 0.25) is 5.02 Å². The monoisotopic (exact) mass is 538 g/mol. The molecule has 2 aromatic heterocycles. The molecule has 1 fully saturated rings. The van der Waals surface area contributed by atoms with Gasteiger partial charge in [0.15, 0.2) is 11.0 Å². The second kappa shape index (κ2) is 11.5. The van der Waals surface area contributed by atoms with E-state index in [2.05, 4.69) is 25.8 Å². The van der Waals surface area contributed by atoms with E-state index < -0.39 is 17.0 Å². The van der Waals surface area contributed by atoms with E-state index in [1.165, 1.54) is 24.0 Å². The van der Waals surface area contributed by atoms with Crippen LogP contribution in [-0.2, 0) is 17.5 Å². The molecule has 4 rings (SSSR count). The van der Waals surface area contributed by atoms with Gasteiger partial charge in [-0.3, -0.25) is 4.79 Å². The van der Waals surface area contributed by atoms with Crippen molar-refractivity contribution < 1.29 is 18.0 Å². The second-order valence-electron chi connectivity index (χ2n) is 8.60. The Morgan fingerprint density at radius 2 is 1.97 bits per heavy atom. The Balaban J connectivity index is 1.49. The number of carbonyl (C=O) groups excluding carboxylic acids is 1. The molecule has 12 heteroatoms. The maximum Gasteiger partial charge on any atom is 0.416 e. The Morgan fingerprint density at radius 3 is 2.67 bits per heavy atom. The Bertz CT molecular complexity index is 1180. The minimum Gasteiger partial charge on any atom is -0.378 e. The fraction of sp³-hybridized carbons (Fsp3) is 0.417. The quantitative estimate of drug-likeness (QED) is 0.315. The highest BCUT2D eigenvalue weighted by molar-refractivity contribution is 8.00. The molecule has 36 heavy (non-hydrogen) atoms. The summed E-state index contributed by atoms with van der Waals surface area (Å²) in [6, 6.07) is 8.51. The van der Waals surface area contributed by atoms with Crippen molar-refractivity contribution in [2.24, 2.45) is 0 Å². The zero-order valence-corrected chi connectivity index (χ0v) is 21.1. The summed E-state index contributed by atoms with van der Waals surface area (Å²) in [4.78, 5) is 16.8. The summed E-state index contributed by atoms with van der Waals surface area (Å²) in [5, 5.41) is 15.1. The summed E-state index contributed by atoms with van der Waals surface area (Å²) in [6.45, 7) is 1.98. The van der Waals surface area contributed by atoms with Gasteiger partial charge < -0.3 is 15.2 Å². The molecule has 0 spiro atoms. The van der Waals surface area contributed by atoms with Crippen molar-refractivity contribution in [3.63, 3.8) is 0 Å². The molecule has 3 aromatic rings. The normalized spacial score (nSPS) is 15.5. The predicted octanol–water partition coefficient (Wildman–Crippen LogP) is 6.58. The third-order valence-electron chi connectivity index (χ3n) is 5.95. The van der Waals surface area contributed by atoms with E-state index in [4.69, 9.17) is 11.6 Å². The van der Waals surface area contributed by atoms with E-state index in [1.807, 2.05) is 4.57 Å². The SMILES string of the molecule is C[C@@H](Sc1nnc(CNc2cccc(C(F)(F)F)c2)n1C1CCCCC1)C(=O)Nc1ccc(Cl)cn1. The van der Waals surface area contributed by atoms with Gasteiger partial charge in [0.25, 0.3) is 0 Å². The first-order valence-electron chi connectivity index (χ1n) is 11.6. The van der Waals surface area contributed by atoms with Crippen molar-refractivity contribution in [1.29, 1.82) is 0 Å². The standard InChI is InChI=1S/C24H26ClF3N6OS/c1-15(22(35)31-20-11-10-17(25)13-30-20)36-23-33-32-21(34(23)19-8-3-2-4-9-19)14-29-18-7-5-6-16(12-18)24(26,27)28/h5-7,10-13,15,19,29H,2-4,8-9,14H2,1H3,(H,30,31,35)/t15-/m1/s1. The minimum atomic E-state index is -4.41. The molecule has 0 radical (unpaired) electrons. The average molecular weight is 539 g/mol. The molecule has 2 N–H and O–H groups in total. The minimum absolute atomic E-state index is 0.169. The lowest BCUT2D eigenvalue weighted by atomic mass is 9.95. The Kier molecular flexibility index (Phi) is 8.40. The van der Waals surface area contributed by atoms with Crippen molar-refractivity contribution in [1.82, 2.24) is 19.7 Å². The van der Waals surface area contributed by atoms with E-state index in [9.17, 15) is 18.0 Å². The van der Waals surface area contributed by atoms with Crippen molar-refractivity contribution in [2.45, 2.75) is 68.2 Å². The number of carbonyl (C=O) groups is 1. The molecule has 7 nitrogen and oxygen atoms in total.